The SMILES string of the molecule is CCCCCCCCCCCC(=O)C(CCCNCCCN)NCCCN. The van der Waals surface area contributed by atoms with E-state index >= 15 is 0 Å². The Bertz CT molecular complexity index is 313. The topological polar surface area (TPSA) is 93.2 Å². The van der Waals surface area contributed by atoms with Gasteiger partial charge >= 0.3 is 0 Å². The van der Waals surface area contributed by atoms with Crippen molar-refractivity contribution < 1.29 is 4.79 Å². The fraction of sp³-hybridized carbons (Fsp3) is 0.955. The largest absolute Gasteiger partial charge is 0.330 e. The van der Waals surface area contributed by atoms with Crippen LogP contribution in [-0.4, -0.2) is 44.5 Å². The Balaban J connectivity index is 3.84. The number of unbranched alkanes of at least 4 members (excludes halogenated alkanes) is 8. The van der Waals surface area contributed by atoms with E-state index in [1.54, 1.807) is 0 Å². The monoisotopic (exact) mass is 384 g/mol. The summed E-state index contributed by atoms with van der Waals surface area (Å²) in [4.78, 5) is 12.6. The number of hydrogen-bond donors (Lipinski definition) is 4. The maximum absolute atomic E-state index is 12.6. The van der Waals surface area contributed by atoms with Crippen molar-refractivity contribution in [2.75, 3.05) is 32.7 Å². The van der Waals surface area contributed by atoms with E-state index in [-0.39, 0.29) is 6.04 Å². The molecular weight excluding hydrogens is 336 g/mol. The Morgan fingerprint density at radius 1 is 0.741 bits per heavy atom. The zero-order valence-electron chi connectivity index (χ0n) is 18.1. The summed E-state index contributed by atoms with van der Waals surface area (Å²) in [6, 6.07) is 0.00176. The van der Waals surface area contributed by atoms with Gasteiger partial charge in [-0.15, -0.1) is 0 Å². The molecule has 0 rings (SSSR count). The average Bonchev–Trinajstić information content (AvgIpc) is 2.67. The van der Waals surface area contributed by atoms with Crippen LogP contribution in [0.15, 0.2) is 0 Å². The first-order valence-corrected chi connectivity index (χ1v) is 11.6. The normalized spacial score (nSPS) is 12.4. The number of carbonyl (C=O) groups excluding carboxylic acids is 1. The minimum absolute atomic E-state index is 0.00176. The number of Topliss-reactive ketones (excluding diaryl/α,β-unsaturated/α-hetero) is 1. The van der Waals surface area contributed by atoms with E-state index in [2.05, 4.69) is 17.6 Å². The fourth-order valence-corrected chi connectivity index (χ4v) is 3.32. The number of rotatable bonds is 22. The van der Waals surface area contributed by atoms with Crippen LogP contribution in [0.2, 0.25) is 0 Å². The van der Waals surface area contributed by atoms with Crippen LogP contribution in [0.1, 0.15) is 96.8 Å². The van der Waals surface area contributed by atoms with Gasteiger partial charge in [-0.2, -0.15) is 0 Å². The van der Waals surface area contributed by atoms with Crippen LogP contribution < -0.4 is 22.1 Å². The van der Waals surface area contributed by atoms with Crippen LogP contribution in [0.5, 0.6) is 0 Å². The maximum Gasteiger partial charge on any atom is 0.149 e. The average molecular weight is 385 g/mol. The molecule has 6 N–H and O–H groups in total. The highest BCUT2D eigenvalue weighted by molar-refractivity contribution is 5.83. The lowest BCUT2D eigenvalue weighted by Gasteiger charge is -2.18. The van der Waals surface area contributed by atoms with Crippen molar-refractivity contribution in [1.82, 2.24) is 10.6 Å². The van der Waals surface area contributed by atoms with Gasteiger partial charge in [0.05, 0.1) is 6.04 Å². The van der Waals surface area contributed by atoms with Crippen molar-refractivity contribution in [2.45, 2.75) is 103 Å². The fourth-order valence-electron chi connectivity index (χ4n) is 3.32. The van der Waals surface area contributed by atoms with Crippen molar-refractivity contribution in [2.24, 2.45) is 11.5 Å². The van der Waals surface area contributed by atoms with Gasteiger partial charge in [-0.05, 0) is 64.8 Å². The second-order valence-electron chi connectivity index (χ2n) is 7.73. The molecule has 0 aromatic heterocycles. The lowest BCUT2D eigenvalue weighted by molar-refractivity contribution is -0.121. The standard InChI is InChI=1S/C22H48N4O/c1-2-3-4-5-6-7-8-9-10-15-22(27)21(26-20-13-17-24)14-11-18-25-19-12-16-23/h21,25-26H,2-20,23-24H2,1H3. The van der Waals surface area contributed by atoms with E-state index in [1.807, 2.05) is 0 Å². The molecule has 0 aromatic rings. The summed E-state index contributed by atoms with van der Waals surface area (Å²) in [5, 5.41) is 6.82. The predicted octanol–water partition coefficient (Wildman–Crippen LogP) is 3.50. The second kappa shape index (κ2) is 21.8. The molecule has 5 heteroatoms. The van der Waals surface area contributed by atoms with Crippen LogP contribution in [0.3, 0.4) is 0 Å². The number of nitrogens with one attached hydrogen (secondary N) is 2. The van der Waals surface area contributed by atoms with Gasteiger partial charge < -0.3 is 22.1 Å². The van der Waals surface area contributed by atoms with Crippen molar-refractivity contribution in [3.8, 4) is 0 Å². The van der Waals surface area contributed by atoms with Crippen molar-refractivity contribution in [3.05, 3.63) is 0 Å². The van der Waals surface area contributed by atoms with Gasteiger partial charge in [0.15, 0.2) is 0 Å². The number of carbonyl (C=O) groups is 1. The molecule has 5 nitrogen and oxygen atoms in total. The molecule has 0 aliphatic carbocycles. The summed E-state index contributed by atoms with van der Waals surface area (Å²) < 4.78 is 0. The molecule has 0 spiro atoms. The summed E-state index contributed by atoms with van der Waals surface area (Å²) in [5.74, 6) is 0.386. The van der Waals surface area contributed by atoms with Gasteiger partial charge in [0.2, 0.25) is 0 Å². The van der Waals surface area contributed by atoms with Crippen LogP contribution in [0.4, 0.5) is 0 Å². The Kier molecular flexibility index (Phi) is 21.4. The molecule has 162 valence electrons. The molecule has 0 saturated carbocycles. The van der Waals surface area contributed by atoms with Gasteiger partial charge in [0, 0.05) is 6.42 Å². The zero-order valence-corrected chi connectivity index (χ0v) is 18.1. The first-order valence-electron chi connectivity index (χ1n) is 11.6. The predicted molar refractivity (Wildman–Crippen MR) is 118 cm³/mol. The first kappa shape index (κ1) is 26.5. The summed E-state index contributed by atoms with van der Waals surface area (Å²) in [7, 11) is 0. The highest BCUT2D eigenvalue weighted by Gasteiger charge is 2.16. The first-order chi connectivity index (χ1) is 13.3. The molecule has 0 saturated heterocycles. The van der Waals surface area contributed by atoms with E-state index in [0.29, 0.717) is 12.3 Å². The number of nitrogens with two attached hydrogens (primary N) is 2. The molecule has 0 aliphatic rings. The molecule has 0 amide bonds. The Morgan fingerprint density at radius 2 is 1.30 bits per heavy atom. The minimum atomic E-state index is 0.00176. The van der Waals surface area contributed by atoms with Gasteiger partial charge in [-0.1, -0.05) is 58.3 Å². The van der Waals surface area contributed by atoms with Crippen LogP contribution in [0.25, 0.3) is 0 Å². The van der Waals surface area contributed by atoms with E-state index in [0.717, 1.165) is 64.7 Å². The highest BCUT2D eigenvalue weighted by Crippen LogP contribution is 2.12. The number of ketones is 1. The van der Waals surface area contributed by atoms with Gasteiger partial charge in [-0.3, -0.25) is 4.79 Å². The third kappa shape index (κ3) is 18.6. The van der Waals surface area contributed by atoms with Crippen LogP contribution >= 0.6 is 0 Å². The van der Waals surface area contributed by atoms with E-state index in [9.17, 15) is 4.79 Å². The van der Waals surface area contributed by atoms with Crippen molar-refractivity contribution in [1.29, 1.82) is 0 Å². The molecule has 0 fully saturated rings. The molecule has 27 heavy (non-hydrogen) atoms. The molecule has 0 aliphatic heterocycles. The smallest absolute Gasteiger partial charge is 0.149 e. The third-order valence-corrected chi connectivity index (χ3v) is 5.09. The third-order valence-electron chi connectivity index (χ3n) is 5.09. The van der Waals surface area contributed by atoms with Gasteiger partial charge in [0.25, 0.3) is 0 Å². The van der Waals surface area contributed by atoms with E-state index in [4.69, 9.17) is 11.5 Å². The Morgan fingerprint density at radius 3 is 1.93 bits per heavy atom. The highest BCUT2D eigenvalue weighted by atomic mass is 16.1. The molecule has 0 radical (unpaired) electrons. The van der Waals surface area contributed by atoms with Gasteiger partial charge in [0.1, 0.15) is 5.78 Å². The molecular formula is C22H48N4O. The van der Waals surface area contributed by atoms with E-state index < -0.39 is 0 Å². The zero-order chi connectivity index (χ0) is 20.0. The molecule has 0 heterocycles. The molecule has 0 bridgehead atoms. The van der Waals surface area contributed by atoms with Gasteiger partial charge in [-0.25, -0.2) is 0 Å². The summed E-state index contributed by atoms with van der Waals surface area (Å²) >= 11 is 0. The Labute approximate surface area is 168 Å². The molecule has 1 atom stereocenters. The maximum atomic E-state index is 12.6. The lowest BCUT2D eigenvalue weighted by atomic mass is 10.00. The lowest BCUT2D eigenvalue weighted by Crippen LogP contribution is -2.38. The van der Waals surface area contributed by atoms with Crippen LogP contribution in [0, 0.1) is 0 Å². The van der Waals surface area contributed by atoms with Crippen molar-refractivity contribution >= 4 is 5.78 Å². The second-order valence-corrected chi connectivity index (χ2v) is 7.73. The summed E-state index contributed by atoms with van der Waals surface area (Å²) in [6.45, 7) is 6.42. The van der Waals surface area contributed by atoms with Crippen LogP contribution in [-0.2, 0) is 4.79 Å². The minimum Gasteiger partial charge on any atom is -0.330 e. The molecule has 1 unspecified atom stereocenters. The summed E-state index contributed by atoms with van der Waals surface area (Å²) in [6.07, 6.45) is 16.2. The Hall–Kier alpha value is -0.490. The van der Waals surface area contributed by atoms with E-state index in [1.165, 1.54) is 51.4 Å². The van der Waals surface area contributed by atoms with Crippen molar-refractivity contribution in [3.63, 3.8) is 0 Å². The molecule has 0 aromatic carbocycles. The quantitative estimate of drug-likeness (QED) is 0.214. The summed E-state index contributed by atoms with van der Waals surface area (Å²) in [5.41, 5.74) is 11.1. The number of hydrogen-bond acceptors (Lipinski definition) is 5.